The number of alkyl halides is 1. The first-order valence-electron chi connectivity index (χ1n) is 11.5. The van der Waals surface area contributed by atoms with E-state index in [0.717, 1.165) is 16.9 Å². The molecule has 3 unspecified atom stereocenters. The first kappa shape index (κ1) is 24.0. The van der Waals surface area contributed by atoms with E-state index in [4.69, 9.17) is 19.2 Å². The van der Waals surface area contributed by atoms with E-state index < -0.39 is 30.4 Å². The number of carbonyl (C=O) groups excluding carboxylic acids is 1. The van der Waals surface area contributed by atoms with Crippen LogP contribution in [0.5, 0.6) is 5.75 Å². The summed E-state index contributed by atoms with van der Waals surface area (Å²) < 4.78 is 33.8. The van der Waals surface area contributed by atoms with Crippen molar-refractivity contribution in [2.24, 2.45) is 5.41 Å². The van der Waals surface area contributed by atoms with Crippen LogP contribution in [-0.2, 0) is 20.8 Å². The Labute approximate surface area is 199 Å². The molecule has 3 aromatic rings. The number of aromatic nitrogens is 2. The number of ether oxygens (including phenoxy) is 3. The summed E-state index contributed by atoms with van der Waals surface area (Å²) in [7, 11) is 0. The number of nitrogens with zero attached hydrogens (tertiary/aromatic N) is 2. The van der Waals surface area contributed by atoms with E-state index in [1.165, 1.54) is 0 Å². The second-order valence-corrected chi connectivity index (χ2v) is 9.46. The van der Waals surface area contributed by atoms with Crippen LogP contribution in [0.4, 0.5) is 4.39 Å². The first-order chi connectivity index (χ1) is 16.3. The normalized spacial score (nSPS) is 20.0. The Morgan fingerprint density at radius 2 is 1.97 bits per heavy atom. The lowest BCUT2D eigenvalue weighted by atomic mass is 9.90. The monoisotopic (exact) mass is 466 g/mol. The number of allylic oxidation sites excluding steroid dienone is 1. The van der Waals surface area contributed by atoms with Crippen molar-refractivity contribution in [1.29, 1.82) is 0 Å². The number of halogens is 1. The Morgan fingerprint density at radius 3 is 2.62 bits per heavy atom. The van der Waals surface area contributed by atoms with Crippen LogP contribution < -0.4 is 4.74 Å². The van der Waals surface area contributed by atoms with Crippen LogP contribution in [0.25, 0.3) is 11.0 Å². The molecule has 2 heterocycles. The molecule has 0 bridgehead atoms. The third-order valence-electron chi connectivity index (χ3n) is 5.91. The number of rotatable bonds is 7. The Bertz CT molecular complexity index is 1180. The molecule has 34 heavy (non-hydrogen) atoms. The molecule has 3 atom stereocenters. The van der Waals surface area contributed by atoms with Crippen molar-refractivity contribution in [2.45, 2.75) is 52.6 Å². The average molecular weight is 467 g/mol. The SMILES string of the molecule is C=CCn1c(C)nc2c3c(ccc21)C(OCCF)C(OC(=O)C(C)(C)C)C(c1ccccc1)O3. The highest BCUT2D eigenvalue weighted by atomic mass is 19.1. The molecule has 0 amide bonds. The smallest absolute Gasteiger partial charge is 0.311 e. The van der Waals surface area contributed by atoms with E-state index in [0.29, 0.717) is 23.4 Å². The third-order valence-corrected chi connectivity index (χ3v) is 5.91. The maximum absolute atomic E-state index is 13.2. The fourth-order valence-electron chi connectivity index (χ4n) is 4.22. The summed E-state index contributed by atoms with van der Waals surface area (Å²) in [5, 5.41) is 0. The zero-order valence-corrected chi connectivity index (χ0v) is 20.1. The first-order valence-corrected chi connectivity index (χ1v) is 11.5. The third kappa shape index (κ3) is 4.44. The van der Waals surface area contributed by atoms with E-state index in [-0.39, 0.29) is 12.6 Å². The predicted octanol–water partition coefficient (Wildman–Crippen LogP) is 5.65. The fraction of sp³-hybridized carbons (Fsp3) is 0.407. The number of aryl methyl sites for hydroxylation is 1. The molecule has 0 spiro atoms. The van der Waals surface area contributed by atoms with Crippen molar-refractivity contribution < 1.29 is 23.4 Å². The highest BCUT2D eigenvalue weighted by Gasteiger charge is 2.45. The molecule has 0 radical (unpaired) electrons. The maximum Gasteiger partial charge on any atom is 0.311 e. The molecule has 1 aliphatic rings. The zero-order valence-electron chi connectivity index (χ0n) is 20.1. The Balaban J connectivity index is 1.89. The van der Waals surface area contributed by atoms with Crippen LogP contribution in [-0.4, -0.2) is 34.9 Å². The largest absolute Gasteiger partial charge is 0.479 e. The number of carbonyl (C=O) groups is 1. The summed E-state index contributed by atoms with van der Waals surface area (Å²) >= 11 is 0. The molecule has 0 fully saturated rings. The van der Waals surface area contributed by atoms with E-state index >= 15 is 0 Å². The van der Waals surface area contributed by atoms with Gasteiger partial charge in [-0.3, -0.25) is 4.79 Å². The fourth-order valence-corrected chi connectivity index (χ4v) is 4.22. The number of hydrogen-bond donors (Lipinski definition) is 0. The summed E-state index contributed by atoms with van der Waals surface area (Å²) in [5.74, 6) is 1.00. The van der Waals surface area contributed by atoms with Crippen LogP contribution in [0, 0.1) is 12.3 Å². The van der Waals surface area contributed by atoms with Crippen molar-refractivity contribution in [2.75, 3.05) is 13.3 Å². The number of hydrogen-bond acceptors (Lipinski definition) is 5. The van der Waals surface area contributed by atoms with Crippen LogP contribution in [0.3, 0.4) is 0 Å². The average Bonchev–Trinajstić information content (AvgIpc) is 3.13. The predicted molar refractivity (Wildman–Crippen MR) is 128 cm³/mol. The molecule has 0 aliphatic carbocycles. The minimum absolute atomic E-state index is 0.128. The molecular weight excluding hydrogens is 435 g/mol. The molecule has 6 nitrogen and oxygen atoms in total. The molecule has 0 saturated carbocycles. The van der Waals surface area contributed by atoms with Crippen molar-refractivity contribution in [1.82, 2.24) is 9.55 Å². The van der Waals surface area contributed by atoms with Gasteiger partial charge in [0.2, 0.25) is 0 Å². The molecule has 1 aromatic heterocycles. The molecule has 0 saturated heterocycles. The van der Waals surface area contributed by atoms with Crippen molar-refractivity contribution in [3.05, 3.63) is 72.1 Å². The van der Waals surface area contributed by atoms with E-state index in [1.807, 2.05) is 60.0 Å². The van der Waals surface area contributed by atoms with Gasteiger partial charge in [0.15, 0.2) is 18.0 Å². The van der Waals surface area contributed by atoms with E-state index in [9.17, 15) is 9.18 Å². The van der Waals surface area contributed by atoms with E-state index in [1.54, 1.807) is 20.8 Å². The quantitative estimate of drug-likeness (QED) is 0.333. The van der Waals surface area contributed by atoms with Gasteiger partial charge >= 0.3 is 5.97 Å². The van der Waals surface area contributed by atoms with Crippen molar-refractivity contribution in [3.63, 3.8) is 0 Å². The van der Waals surface area contributed by atoms with Crippen LogP contribution in [0.1, 0.15) is 49.9 Å². The van der Waals surface area contributed by atoms with Crippen LogP contribution in [0.15, 0.2) is 55.1 Å². The summed E-state index contributed by atoms with van der Waals surface area (Å²) in [5.41, 5.74) is 2.37. The van der Waals surface area contributed by atoms with Gasteiger partial charge in [-0.2, -0.15) is 0 Å². The number of imidazole rings is 1. The lowest BCUT2D eigenvalue weighted by molar-refractivity contribution is -0.181. The second kappa shape index (κ2) is 9.58. The van der Waals surface area contributed by atoms with Crippen LogP contribution >= 0.6 is 0 Å². The highest BCUT2D eigenvalue weighted by molar-refractivity contribution is 5.85. The molecule has 0 N–H and O–H groups in total. The highest BCUT2D eigenvalue weighted by Crippen LogP contribution is 2.47. The minimum atomic E-state index is -0.804. The summed E-state index contributed by atoms with van der Waals surface area (Å²) in [4.78, 5) is 17.7. The standard InChI is InChI=1S/C27H31FN2O4/c1-6-15-30-17(2)29-21-20(30)13-12-19-23(21)33-22(18-10-8-7-9-11-18)25(24(19)32-16-14-28)34-26(31)27(3,4)5/h6-13,22,24-25H,1,14-16H2,2-5H3. The zero-order chi connectivity index (χ0) is 24.5. The number of esters is 1. The molecule has 7 heteroatoms. The molecule has 4 rings (SSSR count). The lowest BCUT2D eigenvalue weighted by Crippen LogP contribution is -2.41. The molecule has 180 valence electrons. The van der Waals surface area contributed by atoms with Gasteiger partial charge in [0.25, 0.3) is 0 Å². The summed E-state index contributed by atoms with van der Waals surface area (Å²) in [6, 6.07) is 13.4. The van der Waals surface area contributed by atoms with Gasteiger partial charge in [0.1, 0.15) is 24.1 Å². The topological polar surface area (TPSA) is 62.6 Å². The molecule has 2 aromatic carbocycles. The van der Waals surface area contributed by atoms with Gasteiger partial charge in [-0.15, -0.1) is 6.58 Å². The Kier molecular flexibility index (Phi) is 6.75. The van der Waals surface area contributed by atoms with Gasteiger partial charge in [-0.1, -0.05) is 42.5 Å². The van der Waals surface area contributed by atoms with E-state index in [2.05, 4.69) is 6.58 Å². The minimum Gasteiger partial charge on any atom is -0.479 e. The van der Waals surface area contributed by atoms with Gasteiger partial charge in [0, 0.05) is 12.1 Å². The van der Waals surface area contributed by atoms with Crippen molar-refractivity contribution >= 4 is 17.0 Å². The second-order valence-electron chi connectivity index (χ2n) is 9.46. The van der Waals surface area contributed by atoms with Crippen molar-refractivity contribution in [3.8, 4) is 5.75 Å². The summed E-state index contributed by atoms with van der Waals surface area (Å²) in [6.07, 6.45) is -0.358. The van der Waals surface area contributed by atoms with Gasteiger partial charge in [0.05, 0.1) is 17.5 Å². The van der Waals surface area contributed by atoms with Gasteiger partial charge in [-0.05, 0) is 39.3 Å². The van der Waals surface area contributed by atoms with Gasteiger partial charge in [-0.25, -0.2) is 9.37 Å². The molecular formula is C27H31FN2O4. The Hall–Kier alpha value is -3.19. The lowest BCUT2D eigenvalue weighted by Gasteiger charge is -2.39. The number of fused-ring (bicyclic) bond motifs is 3. The maximum atomic E-state index is 13.2. The van der Waals surface area contributed by atoms with Crippen LogP contribution in [0.2, 0.25) is 0 Å². The van der Waals surface area contributed by atoms with Gasteiger partial charge < -0.3 is 18.8 Å². The number of benzene rings is 2. The Morgan fingerprint density at radius 1 is 1.24 bits per heavy atom. The summed E-state index contributed by atoms with van der Waals surface area (Å²) in [6.45, 7) is 11.0. The molecule has 1 aliphatic heterocycles.